The molecular formula is C8H10N2OS. The summed E-state index contributed by atoms with van der Waals surface area (Å²) in [6.45, 7) is 5.57. The first-order valence-corrected chi connectivity index (χ1v) is 4.37. The van der Waals surface area contributed by atoms with E-state index in [1.54, 1.807) is 13.0 Å². The third-order valence-electron chi connectivity index (χ3n) is 1.30. The quantitative estimate of drug-likeness (QED) is 0.519. The average Bonchev–Trinajstić information content (AvgIpc) is 2.33. The van der Waals surface area contributed by atoms with Crippen LogP contribution in [0.2, 0.25) is 0 Å². The van der Waals surface area contributed by atoms with E-state index in [9.17, 15) is 4.79 Å². The Morgan fingerprint density at radius 2 is 2.17 bits per heavy atom. The standard InChI is InChI=1S/C8H10N2OS/c1-5(2)4-7(11)8-6(3)9-10-12-8/h4H,1-3H3. The number of carbonyl (C=O) groups excluding carboxylic acids is 1. The van der Waals surface area contributed by atoms with E-state index in [1.165, 1.54) is 0 Å². The van der Waals surface area contributed by atoms with Crippen LogP contribution in [0.4, 0.5) is 0 Å². The van der Waals surface area contributed by atoms with Gasteiger partial charge in [0.25, 0.3) is 0 Å². The summed E-state index contributed by atoms with van der Waals surface area (Å²) in [5.41, 5.74) is 1.70. The normalized spacial score (nSPS) is 9.58. The fourth-order valence-electron chi connectivity index (χ4n) is 0.785. The average molecular weight is 182 g/mol. The maximum absolute atomic E-state index is 11.4. The van der Waals surface area contributed by atoms with Crippen LogP contribution in [0.3, 0.4) is 0 Å². The molecule has 1 aromatic heterocycles. The maximum Gasteiger partial charge on any atom is 0.199 e. The zero-order valence-corrected chi connectivity index (χ0v) is 8.10. The van der Waals surface area contributed by atoms with Gasteiger partial charge in [0.05, 0.1) is 5.69 Å². The number of aryl methyl sites for hydroxylation is 1. The minimum absolute atomic E-state index is 0.00231. The Kier molecular flexibility index (Phi) is 2.70. The third kappa shape index (κ3) is 1.98. The zero-order chi connectivity index (χ0) is 9.14. The van der Waals surface area contributed by atoms with Crippen LogP contribution >= 0.6 is 11.5 Å². The summed E-state index contributed by atoms with van der Waals surface area (Å²) in [4.78, 5) is 12.0. The van der Waals surface area contributed by atoms with Crippen molar-refractivity contribution in [1.82, 2.24) is 9.59 Å². The predicted octanol–water partition coefficient (Wildman–Crippen LogP) is 2.00. The van der Waals surface area contributed by atoms with Gasteiger partial charge >= 0.3 is 0 Å². The molecule has 1 rings (SSSR count). The third-order valence-corrected chi connectivity index (χ3v) is 2.14. The molecule has 0 spiro atoms. The SMILES string of the molecule is CC(C)=CC(=O)c1snnc1C. The lowest BCUT2D eigenvalue weighted by Gasteiger charge is -1.90. The van der Waals surface area contributed by atoms with Gasteiger partial charge in [-0.2, -0.15) is 0 Å². The summed E-state index contributed by atoms with van der Waals surface area (Å²) in [5, 5.41) is 3.76. The molecule has 0 N–H and O–H groups in total. The van der Waals surface area contributed by atoms with E-state index in [-0.39, 0.29) is 5.78 Å². The highest BCUT2D eigenvalue weighted by atomic mass is 32.1. The molecule has 0 radical (unpaired) electrons. The zero-order valence-electron chi connectivity index (χ0n) is 7.29. The van der Waals surface area contributed by atoms with Crippen LogP contribution in [-0.2, 0) is 0 Å². The second kappa shape index (κ2) is 3.58. The molecule has 0 unspecified atom stereocenters. The topological polar surface area (TPSA) is 42.9 Å². The van der Waals surface area contributed by atoms with Gasteiger partial charge in [0, 0.05) is 0 Å². The Morgan fingerprint density at radius 1 is 1.50 bits per heavy atom. The molecule has 1 heterocycles. The summed E-state index contributed by atoms with van der Waals surface area (Å²) in [6.07, 6.45) is 1.60. The number of hydrogen-bond acceptors (Lipinski definition) is 4. The smallest absolute Gasteiger partial charge is 0.199 e. The Morgan fingerprint density at radius 3 is 2.58 bits per heavy atom. The van der Waals surface area contributed by atoms with Crippen LogP contribution in [0.5, 0.6) is 0 Å². The minimum Gasteiger partial charge on any atom is -0.288 e. The van der Waals surface area contributed by atoms with Crippen molar-refractivity contribution in [2.24, 2.45) is 0 Å². The number of aromatic nitrogens is 2. The molecule has 3 nitrogen and oxygen atoms in total. The van der Waals surface area contributed by atoms with E-state index in [2.05, 4.69) is 9.59 Å². The van der Waals surface area contributed by atoms with E-state index in [0.29, 0.717) is 10.6 Å². The van der Waals surface area contributed by atoms with Gasteiger partial charge in [-0.05, 0) is 38.4 Å². The molecule has 1 aromatic rings. The molecular weight excluding hydrogens is 172 g/mol. The second-order valence-corrected chi connectivity index (χ2v) is 3.53. The molecule has 0 amide bonds. The van der Waals surface area contributed by atoms with Crippen LogP contribution in [0, 0.1) is 6.92 Å². The number of rotatable bonds is 2. The lowest BCUT2D eigenvalue weighted by molar-refractivity contribution is 0.104. The number of carbonyl (C=O) groups is 1. The van der Waals surface area contributed by atoms with Gasteiger partial charge in [-0.15, -0.1) is 5.10 Å². The van der Waals surface area contributed by atoms with Gasteiger partial charge in [-0.1, -0.05) is 10.1 Å². The van der Waals surface area contributed by atoms with Gasteiger partial charge in [0.15, 0.2) is 5.78 Å². The lowest BCUT2D eigenvalue weighted by Crippen LogP contribution is -1.94. The number of allylic oxidation sites excluding steroid dienone is 2. The summed E-state index contributed by atoms with van der Waals surface area (Å²) in [5.74, 6) is 0.00231. The molecule has 0 aliphatic rings. The van der Waals surface area contributed by atoms with Crippen molar-refractivity contribution in [2.45, 2.75) is 20.8 Å². The Balaban J connectivity index is 2.93. The Hall–Kier alpha value is -1.03. The molecule has 0 bridgehead atoms. The van der Waals surface area contributed by atoms with Crippen molar-refractivity contribution < 1.29 is 4.79 Å². The van der Waals surface area contributed by atoms with E-state index in [4.69, 9.17) is 0 Å². The minimum atomic E-state index is 0.00231. The predicted molar refractivity (Wildman–Crippen MR) is 48.4 cm³/mol. The van der Waals surface area contributed by atoms with Crippen molar-refractivity contribution in [3.8, 4) is 0 Å². The highest BCUT2D eigenvalue weighted by Gasteiger charge is 2.09. The van der Waals surface area contributed by atoms with E-state index in [1.807, 2.05) is 13.8 Å². The molecule has 0 saturated heterocycles. The van der Waals surface area contributed by atoms with Crippen molar-refractivity contribution in [3.63, 3.8) is 0 Å². The molecule has 12 heavy (non-hydrogen) atoms. The van der Waals surface area contributed by atoms with Gasteiger partial charge in [0.1, 0.15) is 4.88 Å². The van der Waals surface area contributed by atoms with E-state index < -0.39 is 0 Å². The number of ketones is 1. The van der Waals surface area contributed by atoms with Crippen LogP contribution in [0.15, 0.2) is 11.6 Å². The molecule has 0 atom stereocenters. The highest BCUT2D eigenvalue weighted by molar-refractivity contribution is 7.08. The Bertz CT molecular complexity index is 324. The first kappa shape index (κ1) is 9.06. The number of nitrogens with zero attached hydrogens (tertiary/aromatic N) is 2. The van der Waals surface area contributed by atoms with Crippen molar-refractivity contribution >= 4 is 17.3 Å². The molecule has 0 aliphatic heterocycles. The van der Waals surface area contributed by atoms with E-state index in [0.717, 1.165) is 17.1 Å². The fourth-order valence-corrected chi connectivity index (χ4v) is 1.35. The summed E-state index contributed by atoms with van der Waals surface area (Å²) in [7, 11) is 0. The van der Waals surface area contributed by atoms with Crippen molar-refractivity contribution in [3.05, 3.63) is 22.2 Å². The van der Waals surface area contributed by atoms with Gasteiger partial charge in [-0.25, -0.2) is 0 Å². The molecule has 0 fully saturated rings. The van der Waals surface area contributed by atoms with Crippen molar-refractivity contribution in [2.75, 3.05) is 0 Å². The van der Waals surface area contributed by atoms with Crippen LogP contribution in [0.1, 0.15) is 29.2 Å². The van der Waals surface area contributed by atoms with Gasteiger partial charge in [-0.3, -0.25) is 4.79 Å². The highest BCUT2D eigenvalue weighted by Crippen LogP contribution is 2.11. The van der Waals surface area contributed by atoms with Gasteiger partial charge < -0.3 is 0 Å². The van der Waals surface area contributed by atoms with Crippen LogP contribution in [-0.4, -0.2) is 15.4 Å². The first-order valence-electron chi connectivity index (χ1n) is 3.59. The lowest BCUT2D eigenvalue weighted by atomic mass is 10.2. The number of hydrogen-bond donors (Lipinski definition) is 0. The molecule has 0 aromatic carbocycles. The van der Waals surface area contributed by atoms with Gasteiger partial charge in [0.2, 0.25) is 0 Å². The fraction of sp³-hybridized carbons (Fsp3) is 0.375. The first-order chi connectivity index (χ1) is 5.61. The van der Waals surface area contributed by atoms with Crippen molar-refractivity contribution in [1.29, 1.82) is 0 Å². The maximum atomic E-state index is 11.4. The monoisotopic (exact) mass is 182 g/mol. The molecule has 4 heteroatoms. The molecule has 64 valence electrons. The second-order valence-electron chi connectivity index (χ2n) is 2.77. The van der Waals surface area contributed by atoms with Crippen LogP contribution < -0.4 is 0 Å². The van der Waals surface area contributed by atoms with E-state index >= 15 is 0 Å². The Labute approximate surface area is 75.3 Å². The summed E-state index contributed by atoms with van der Waals surface area (Å²) < 4.78 is 3.69. The summed E-state index contributed by atoms with van der Waals surface area (Å²) in [6, 6.07) is 0. The largest absolute Gasteiger partial charge is 0.288 e. The van der Waals surface area contributed by atoms with Crippen LogP contribution in [0.25, 0.3) is 0 Å². The molecule has 0 saturated carbocycles. The summed E-state index contributed by atoms with van der Waals surface area (Å²) >= 11 is 1.14. The molecule has 0 aliphatic carbocycles.